The zero-order chi connectivity index (χ0) is 13.7. The SMILES string of the molecule is Cc1cc(C(=O)Nc2ccc(OCC#N)cc2)co1. The van der Waals surface area contributed by atoms with E-state index in [-0.39, 0.29) is 12.5 Å². The number of nitriles is 1. The fraction of sp³-hybridized carbons (Fsp3) is 0.143. The number of rotatable bonds is 4. The minimum Gasteiger partial charge on any atom is -0.479 e. The molecule has 0 fully saturated rings. The third-order valence-corrected chi connectivity index (χ3v) is 2.41. The highest BCUT2D eigenvalue weighted by molar-refractivity contribution is 6.04. The molecule has 2 aromatic rings. The maximum absolute atomic E-state index is 11.8. The lowest BCUT2D eigenvalue weighted by molar-refractivity contribution is 0.102. The van der Waals surface area contributed by atoms with E-state index in [0.717, 1.165) is 0 Å². The molecule has 96 valence electrons. The fourth-order valence-electron chi connectivity index (χ4n) is 1.52. The van der Waals surface area contributed by atoms with Crippen LogP contribution in [-0.2, 0) is 0 Å². The second-order valence-electron chi connectivity index (χ2n) is 3.87. The van der Waals surface area contributed by atoms with E-state index in [4.69, 9.17) is 14.4 Å². The summed E-state index contributed by atoms with van der Waals surface area (Å²) in [5, 5.41) is 11.1. The summed E-state index contributed by atoms with van der Waals surface area (Å²) in [7, 11) is 0. The van der Waals surface area contributed by atoms with Gasteiger partial charge in [0.05, 0.1) is 5.56 Å². The predicted molar refractivity (Wildman–Crippen MR) is 68.9 cm³/mol. The first-order chi connectivity index (χ1) is 9.19. The molecule has 1 aromatic carbocycles. The molecule has 5 nitrogen and oxygen atoms in total. The topological polar surface area (TPSA) is 75.3 Å². The van der Waals surface area contributed by atoms with E-state index >= 15 is 0 Å². The summed E-state index contributed by atoms with van der Waals surface area (Å²) >= 11 is 0. The van der Waals surface area contributed by atoms with Crippen LogP contribution in [-0.4, -0.2) is 12.5 Å². The Hall–Kier alpha value is -2.74. The Morgan fingerprint density at radius 2 is 2.16 bits per heavy atom. The molecule has 1 heterocycles. The highest BCUT2D eigenvalue weighted by atomic mass is 16.5. The van der Waals surface area contributed by atoms with Gasteiger partial charge >= 0.3 is 0 Å². The van der Waals surface area contributed by atoms with E-state index in [0.29, 0.717) is 22.8 Å². The van der Waals surface area contributed by atoms with Gasteiger partial charge in [-0.3, -0.25) is 4.79 Å². The number of benzene rings is 1. The summed E-state index contributed by atoms with van der Waals surface area (Å²) in [6.07, 6.45) is 1.41. The molecule has 0 unspecified atom stereocenters. The third-order valence-electron chi connectivity index (χ3n) is 2.41. The van der Waals surface area contributed by atoms with Crippen molar-refractivity contribution >= 4 is 11.6 Å². The number of aryl methyl sites for hydroxylation is 1. The van der Waals surface area contributed by atoms with Gasteiger partial charge < -0.3 is 14.5 Å². The van der Waals surface area contributed by atoms with Crippen LogP contribution in [0.15, 0.2) is 41.0 Å². The Morgan fingerprint density at radius 3 is 2.74 bits per heavy atom. The van der Waals surface area contributed by atoms with Gasteiger partial charge in [0.2, 0.25) is 0 Å². The predicted octanol–water partition coefficient (Wildman–Crippen LogP) is 2.74. The number of hydrogen-bond donors (Lipinski definition) is 1. The van der Waals surface area contributed by atoms with E-state index in [2.05, 4.69) is 5.32 Å². The van der Waals surface area contributed by atoms with E-state index in [1.165, 1.54) is 6.26 Å². The number of anilines is 1. The van der Waals surface area contributed by atoms with Crippen LogP contribution in [0.1, 0.15) is 16.1 Å². The highest BCUT2D eigenvalue weighted by Crippen LogP contribution is 2.17. The van der Waals surface area contributed by atoms with E-state index in [9.17, 15) is 4.79 Å². The Bertz CT molecular complexity index is 608. The fourth-order valence-corrected chi connectivity index (χ4v) is 1.52. The average Bonchev–Trinajstić information content (AvgIpc) is 2.85. The summed E-state index contributed by atoms with van der Waals surface area (Å²) in [4.78, 5) is 11.8. The molecule has 1 aromatic heterocycles. The number of furan rings is 1. The summed E-state index contributed by atoms with van der Waals surface area (Å²) in [5.41, 5.74) is 1.12. The molecule has 0 aliphatic carbocycles. The first kappa shape index (κ1) is 12.7. The summed E-state index contributed by atoms with van der Waals surface area (Å²) in [6.45, 7) is 1.78. The summed E-state index contributed by atoms with van der Waals surface area (Å²) in [5.74, 6) is 1.03. The molecule has 0 aliphatic rings. The molecule has 0 aliphatic heterocycles. The van der Waals surface area contributed by atoms with Crippen LogP contribution in [0.5, 0.6) is 5.75 Å². The lowest BCUT2D eigenvalue weighted by atomic mass is 10.2. The molecule has 1 amide bonds. The molecular formula is C14H12N2O3. The molecule has 5 heteroatoms. The molecular weight excluding hydrogens is 244 g/mol. The van der Waals surface area contributed by atoms with E-state index in [1.54, 1.807) is 37.3 Å². The van der Waals surface area contributed by atoms with E-state index < -0.39 is 0 Å². The van der Waals surface area contributed by atoms with Crippen LogP contribution in [0.3, 0.4) is 0 Å². The number of ether oxygens (including phenoxy) is 1. The highest BCUT2D eigenvalue weighted by Gasteiger charge is 2.08. The third kappa shape index (κ3) is 3.36. The van der Waals surface area contributed by atoms with Crippen LogP contribution in [0.2, 0.25) is 0 Å². The number of amides is 1. The zero-order valence-electron chi connectivity index (χ0n) is 10.3. The number of nitrogens with zero attached hydrogens (tertiary/aromatic N) is 1. The smallest absolute Gasteiger partial charge is 0.258 e. The Morgan fingerprint density at radius 1 is 1.42 bits per heavy atom. The van der Waals surface area contributed by atoms with Gasteiger partial charge in [-0.25, -0.2) is 0 Å². The Balaban J connectivity index is 2.00. The summed E-state index contributed by atoms with van der Waals surface area (Å²) < 4.78 is 10.2. The minimum atomic E-state index is -0.234. The van der Waals surface area contributed by atoms with Crippen LogP contribution in [0, 0.1) is 18.3 Å². The molecule has 0 spiro atoms. The molecule has 0 saturated heterocycles. The van der Waals surface area contributed by atoms with Gasteiger partial charge in [0.1, 0.15) is 23.8 Å². The Kier molecular flexibility index (Phi) is 3.84. The zero-order valence-corrected chi connectivity index (χ0v) is 10.3. The average molecular weight is 256 g/mol. The lowest BCUT2D eigenvalue weighted by Gasteiger charge is -2.05. The van der Waals surface area contributed by atoms with Gasteiger partial charge in [0.15, 0.2) is 6.61 Å². The second-order valence-corrected chi connectivity index (χ2v) is 3.87. The molecule has 2 rings (SSSR count). The van der Waals surface area contributed by atoms with Gasteiger partial charge in [0, 0.05) is 5.69 Å². The van der Waals surface area contributed by atoms with Gasteiger partial charge in [-0.05, 0) is 37.3 Å². The molecule has 0 atom stereocenters. The van der Waals surface area contributed by atoms with Crippen molar-refractivity contribution in [3.63, 3.8) is 0 Å². The largest absolute Gasteiger partial charge is 0.479 e. The first-order valence-corrected chi connectivity index (χ1v) is 5.65. The number of carbonyl (C=O) groups is 1. The van der Waals surface area contributed by atoms with Crippen molar-refractivity contribution in [1.82, 2.24) is 0 Å². The monoisotopic (exact) mass is 256 g/mol. The number of nitrogens with one attached hydrogen (secondary N) is 1. The van der Waals surface area contributed by atoms with Crippen LogP contribution < -0.4 is 10.1 Å². The second kappa shape index (κ2) is 5.74. The minimum absolute atomic E-state index is 0.00000212. The molecule has 0 saturated carbocycles. The number of carbonyl (C=O) groups excluding carboxylic acids is 1. The van der Waals surface area contributed by atoms with Crippen molar-refractivity contribution in [3.8, 4) is 11.8 Å². The molecule has 19 heavy (non-hydrogen) atoms. The quantitative estimate of drug-likeness (QED) is 0.912. The normalized spacial score (nSPS) is 9.68. The standard InChI is InChI=1S/C14H12N2O3/c1-10-8-11(9-19-10)14(17)16-12-2-4-13(5-3-12)18-7-6-15/h2-5,8-9H,7H2,1H3,(H,16,17). The van der Waals surface area contributed by atoms with Crippen molar-refractivity contribution in [2.24, 2.45) is 0 Å². The summed E-state index contributed by atoms with van der Waals surface area (Å²) in [6, 6.07) is 10.3. The maximum atomic E-state index is 11.8. The molecule has 0 radical (unpaired) electrons. The van der Waals surface area contributed by atoms with Gasteiger partial charge in [0.25, 0.3) is 5.91 Å². The van der Waals surface area contributed by atoms with Crippen molar-refractivity contribution in [1.29, 1.82) is 5.26 Å². The Labute approximate surface area is 110 Å². The molecule has 1 N–H and O–H groups in total. The molecule has 0 bridgehead atoms. The first-order valence-electron chi connectivity index (χ1n) is 5.65. The van der Waals surface area contributed by atoms with Gasteiger partial charge in [-0.15, -0.1) is 0 Å². The lowest BCUT2D eigenvalue weighted by Crippen LogP contribution is -2.10. The number of hydrogen-bond acceptors (Lipinski definition) is 4. The van der Waals surface area contributed by atoms with Crippen molar-refractivity contribution in [3.05, 3.63) is 47.9 Å². The van der Waals surface area contributed by atoms with E-state index in [1.807, 2.05) is 6.07 Å². The van der Waals surface area contributed by atoms with Crippen LogP contribution in [0.4, 0.5) is 5.69 Å². The van der Waals surface area contributed by atoms with Crippen molar-refractivity contribution < 1.29 is 13.9 Å². The van der Waals surface area contributed by atoms with Crippen molar-refractivity contribution in [2.75, 3.05) is 11.9 Å². The van der Waals surface area contributed by atoms with Gasteiger partial charge in [-0.1, -0.05) is 0 Å². The van der Waals surface area contributed by atoms with Gasteiger partial charge in [-0.2, -0.15) is 5.26 Å². The van der Waals surface area contributed by atoms with Crippen molar-refractivity contribution in [2.45, 2.75) is 6.92 Å². The van der Waals surface area contributed by atoms with Crippen LogP contribution >= 0.6 is 0 Å². The van der Waals surface area contributed by atoms with Crippen LogP contribution in [0.25, 0.3) is 0 Å². The maximum Gasteiger partial charge on any atom is 0.258 e.